The summed E-state index contributed by atoms with van der Waals surface area (Å²) in [5.41, 5.74) is 0. The predicted molar refractivity (Wildman–Crippen MR) is 117 cm³/mol. The van der Waals surface area contributed by atoms with Crippen molar-refractivity contribution in [1.29, 1.82) is 0 Å². The highest BCUT2D eigenvalue weighted by Gasteiger charge is 2.49. The fourth-order valence-electron chi connectivity index (χ4n) is 3.93. The number of halogens is 1. The maximum atomic E-state index is 7.67. The van der Waals surface area contributed by atoms with E-state index < -0.39 is 7.38 Å². The molecule has 0 amide bonds. The van der Waals surface area contributed by atoms with Gasteiger partial charge in [0.05, 0.1) is 0 Å². The Hall–Kier alpha value is 0.507. The zero-order chi connectivity index (χ0) is 18.8. The largest absolute Gasteiger partial charge is 0.166 e. The highest BCUT2D eigenvalue weighted by molar-refractivity contribution is 7.22. The first kappa shape index (κ1) is 24.5. The van der Waals surface area contributed by atoms with Gasteiger partial charge in [0.1, 0.15) is 0 Å². The Morgan fingerprint density at radius 1 is 0.792 bits per heavy atom. The van der Waals surface area contributed by atoms with Crippen LogP contribution in [0.5, 0.6) is 0 Å². The van der Waals surface area contributed by atoms with Crippen LogP contribution in [0.25, 0.3) is 0 Å². The van der Waals surface area contributed by atoms with Gasteiger partial charge >= 0.3 is 0 Å². The van der Waals surface area contributed by atoms with Crippen LogP contribution < -0.4 is 0 Å². The minimum atomic E-state index is -1.84. The highest BCUT2D eigenvalue weighted by atomic mass is 35.6. The summed E-state index contributed by atoms with van der Waals surface area (Å²) in [6.45, 7) is 19.1. The first-order valence-corrected chi connectivity index (χ1v) is 14.3. The third-order valence-corrected chi connectivity index (χ3v) is 14.6. The molecule has 0 saturated carbocycles. The summed E-state index contributed by atoms with van der Waals surface area (Å²) in [5.74, 6) is 2.36. The first-order chi connectivity index (χ1) is 11.2. The van der Waals surface area contributed by atoms with Gasteiger partial charge in [0.15, 0.2) is 7.38 Å². The van der Waals surface area contributed by atoms with Gasteiger partial charge in [0.25, 0.3) is 0 Å². The predicted octanol–water partition coefficient (Wildman–Crippen LogP) is 9.04. The third-order valence-electron chi connectivity index (χ3n) is 6.91. The molecule has 0 fully saturated rings. The lowest BCUT2D eigenvalue weighted by molar-refractivity contribution is 0.418. The van der Waals surface area contributed by atoms with Gasteiger partial charge in [-0.05, 0) is 34.9 Å². The Kier molecular flexibility index (Phi) is 12.2. The van der Waals surface area contributed by atoms with Gasteiger partial charge in [-0.1, -0.05) is 107 Å². The maximum absolute atomic E-state index is 7.67. The molecule has 0 radical (unpaired) electrons. The van der Waals surface area contributed by atoms with Crippen LogP contribution in [-0.4, -0.2) is 7.38 Å². The fourth-order valence-corrected chi connectivity index (χ4v) is 11.0. The van der Waals surface area contributed by atoms with E-state index in [9.17, 15) is 0 Å². The van der Waals surface area contributed by atoms with E-state index in [2.05, 4.69) is 55.4 Å². The summed E-state index contributed by atoms with van der Waals surface area (Å²) in [6.07, 6.45) is 10.7. The van der Waals surface area contributed by atoms with Crippen LogP contribution in [0, 0.1) is 17.8 Å². The van der Waals surface area contributed by atoms with Crippen molar-refractivity contribution in [1.82, 2.24) is 0 Å². The van der Waals surface area contributed by atoms with E-state index in [1.807, 2.05) is 0 Å². The third kappa shape index (κ3) is 7.40. The maximum Gasteiger partial charge on any atom is 0.162 e. The molecule has 2 unspecified atom stereocenters. The lowest BCUT2D eigenvalue weighted by atomic mass is 9.99. The first-order valence-electron chi connectivity index (χ1n) is 10.9. The van der Waals surface area contributed by atoms with E-state index in [1.165, 1.54) is 63.5 Å². The van der Waals surface area contributed by atoms with Crippen molar-refractivity contribution in [3.05, 3.63) is 0 Å². The van der Waals surface area contributed by atoms with E-state index in [0.717, 1.165) is 11.8 Å². The second kappa shape index (κ2) is 12.0. The SMILES string of the molecule is CCCCC(CC)C[Si](Cl)(CC(CC)CCCC)C(C)(C)C(C)C. The van der Waals surface area contributed by atoms with Crippen molar-refractivity contribution in [3.8, 4) is 0 Å². The van der Waals surface area contributed by atoms with Crippen molar-refractivity contribution >= 4 is 18.5 Å². The van der Waals surface area contributed by atoms with Gasteiger partial charge in [-0.15, -0.1) is 0 Å². The van der Waals surface area contributed by atoms with Gasteiger partial charge < -0.3 is 0 Å². The molecule has 0 aromatic rings. The average molecular weight is 375 g/mol. The van der Waals surface area contributed by atoms with Crippen LogP contribution in [0.1, 0.15) is 107 Å². The summed E-state index contributed by atoms with van der Waals surface area (Å²) >= 11 is 7.67. The molecule has 0 nitrogen and oxygen atoms in total. The van der Waals surface area contributed by atoms with Gasteiger partial charge in [-0.3, -0.25) is 0 Å². The normalized spacial score (nSPS) is 17.8. The molecule has 0 heterocycles. The van der Waals surface area contributed by atoms with Crippen molar-refractivity contribution in [2.24, 2.45) is 17.8 Å². The average Bonchev–Trinajstić information content (AvgIpc) is 2.54. The number of unbranched alkanes of at least 4 members (excludes halogenated alkanes) is 2. The zero-order valence-corrected chi connectivity index (χ0v) is 19.9. The van der Waals surface area contributed by atoms with Crippen molar-refractivity contribution in [2.45, 2.75) is 124 Å². The van der Waals surface area contributed by atoms with Gasteiger partial charge in [0, 0.05) is 0 Å². The Bertz CT molecular complexity index is 293. The van der Waals surface area contributed by atoms with Gasteiger partial charge in [-0.25, -0.2) is 0 Å². The summed E-state index contributed by atoms with van der Waals surface area (Å²) in [5, 5.41) is 0.313. The lowest BCUT2D eigenvalue weighted by Crippen LogP contribution is -2.45. The molecular formula is C22H47ClSi. The molecule has 2 atom stereocenters. The highest BCUT2D eigenvalue weighted by Crippen LogP contribution is 2.54. The minimum Gasteiger partial charge on any atom is -0.166 e. The summed E-state index contributed by atoms with van der Waals surface area (Å²) in [6, 6.07) is 2.66. The van der Waals surface area contributed by atoms with Crippen LogP contribution in [0.4, 0.5) is 0 Å². The van der Waals surface area contributed by atoms with Crippen LogP contribution in [0.2, 0.25) is 17.1 Å². The number of hydrogen-bond acceptors (Lipinski definition) is 0. The molecular weight excluding hydrogens is 328 g/mol. The number of rotatable bonds is 14. The molecule has 2 heteroatoms. The monoisotopic (exact) mass is 374 g/mol. The Labute approximate surface area is 160 Å². The van der Waals surface area contributed by atoms with Crippen LogP contribution in [0.3, 0.4) is 0 Å². The van der Waals surface area contributed by atoms with E-state index in [-0.39, 0.29) is 0 Å². The second-order valence-corrected chi connectivity index (χ2v) is 15.3. The molecule has 0 aliphatic carbocycles. The molecule has 0 rings (SSSR count). The van der Waals surface area contributed by atoms with E-state index in [1.54, 1.807) is 0 Å². The second-order valence-electron chi connectivity index (χ2n) is 9.08. The fraction of sp³-hybridized carbons (Fsp3) is 1.00. The van der Waals surface area contributed by atoms with Crippen LogP contribution in [0.15, 0.2) is 0 Å². The topological polar surface area (TPSA) is 0 Å². The minimum absolute atomic E-state index is 0.313. The molecule has 146 valence electrons. The van der Waals surface area contributed by atoms with E-state index in [4.69, 9.17) is 11.1 Å². The molecule has 0 aromatic heterocycles. The summed E-state index contributed by atoms with van der Waals surface area (Å²) in [4.78, 5) is 0. The van der Waals surface area contributed by atoms with Crippen molar-refractivity contribution in [3.63, 3.8) is 0 Å². The lowest BCUT2D eigenvalue weighted by Gasteiger charge is -2.46. The van der Waals surface area contributed by atoms with Gasteiger partial charge in [0.2, 0.25) is 0 Å². The van der Waals surface area contributed by atoms with Crippen LogP contribution in [-0.2, 0) is 0 Å². The van der Waals surface area contributed by atoms with E-state index in [0.29, 0.717) is 11.0 Å². The van der Waals surface area contributed by atoms with Crippen molar-refractivity contribution in [2.75, 3.05) is 0 Å². The van der Waals surface area contributed by atoms with Crippen LogP contribution >= 0.6 is 11.1 Å². The molecule has 0 bridgehead atoms. The summed E-state index contributed by atoms with van der Waals surface area (Å²) < 4.78 is 0. The molecule has 0 aliphatic rings. The Morgan fingerprint density at radius 3 is 1.42 bits per heavy atom. The van der Waals surface area contributed by atoms with Crippen molar-refractivity contribution < 1.29 is 0 Å². The summed E-state index contributed by atoms with van der Waals surface area (Å²) in [7, 11) is -1.84. The standard InChI is InChI=1S/C22H47ClSi/c1-9-13-15-20(11-3)17-24(23,22(7,8)19(5)6)18-21(12-4)16-14-10-2/h19-21H,9-18H2,1-8H3. The zero-order valence-electron chi connectivity index (χ0n) is 18.2. The van der Waals surface area contributed by atoms with Gasteiger partial charge in [-0.2, -0.15) is 11.1 Å². The molecule has 0 N–H and O–H groups in total. The Morgan fingerprint density at radius 2 is 1.17 bits per heavy atom. The molecule has 0 spiro atoms. The number of hydrogen-bond donors (Lipinski definition) is 0. The quantitative estimate of drug-likeness (QED) is 0.210. The molecule has 0 saturated heterocycles. The Balaban J connectivity index is 5.34. The smallest absolute Gasteiger partial charge is 0.162 e. The molecule has 0 aliphatic heterocycles. The molecule has 0 aromatic carbocycles. The molecule has 24 heavy (non-hydrogen) atoms. The van der Waals surface area contributed by atoms with E-state index >= 15 is 0 Å².